The van der Waals surface area contributed by atoms with Crippen molar-refractivity contribution in [2.24, 2.45) is 5.73 Å². The lowest BCUT2D eigenvalue weighted by Gasteiger charge is -2.10. The highest BCUT2D eigenvalue weighted by Crippen LogP contribution is 2.19. The Hall–Kier alpha value is -0.610. The lowest BCUT2D eigenvalue weighted by molar-refractivity contribution is 0.372. The lowest BCUT2D eigenvalue weighted by Crippen LogP contribution is -2.11. The standard InChI is InChI=1S/C8H15N3O.ClH/c1-8(2,3)7-11-10-6(12-7)4-5-9;/h4-5,9H2,1-3H3;1H. The number of aromatic nitrogens is 2. The molecule has 0 bridgehead atoms. The van der Waals surface area contributed by atoms with E-state index in [0.717, 1.165) is 0 Å². The average Bonchev–Trinajstić information content (AvgIpc) is 2.35. The molecule has 1 heterocycles. The minimum absolute atomic E-state index is 0. The first-order valence-electron chi connectivity index (χ1n) is 4.07. The Morgan fingerprint density at radius 3 is 2.31 bits per heavy atom. The van der Waals surface area contributed by atoms with Gasteiger partial charge in [0.15, 0.2) is 0 Å². The fraction of sp³-hybridized carbons (Fsp3) is 0.750. The van der Waals surface area contributed by atoms with Crippen LogP contribution in [0.15, 0.2) is 4.42 Å². The molecule has 0 saturated carbocycles. The Kier molecular flexibility index (Phi) is 4.36. The second kappa shape index (κ2) is 4.58. The largest absolute Gasteiger partial charge is 0.425 e. The Morgan fingerprint density at radius 1 is 1.31 bits per heavy atom. The van der Waals surface area contributed by atoms with Gasteiger partial charge in [0.2, 0.25) is 11.8 Å². The summed E-state index contributed by atoms with van der Waals surface area (Å²) in [5.41, 5.74) is 5.28. The molecule has 13 heavy (non-hydrogen) atoms. The van der Waals surface area contributed by atoms with E-state index >= 15 is 0 Å². The molecule has 5 heteroatoms. The van der Waals surface area contributed by atoms with E-state index < -0.39 is 0 Å². The van der Waals surface area contributed by atoms with E-state index in [2.05, 4.69) is 10.2 Å². The highest BCUT2D eigenvalue weighted by atomic mass is 35.5. The van der Waals surface area contributed by atoms with Crippen molar-refractivity contribution in [3.63, 3.8) is 0 Å². The van der Waals surface area contributed by atoms with E-state index in [1.165, 1.54) is 0 Å². The molecular weight excluding hydrogens is 190 g/mol. The van der Waals surface area contributed by atoms with Crippen molar-refractivity contribution in [1.82, 2.24) is 10.2 Å². The zero-order chi connectivity index (χ0) is 9.19. The van der Waals surface area contributed by atoms with Gasteiger partial charge in [-0.05, 0) is 0 Å². The van der Waals surface area contributed by atoms with E-state index in [1.807, 2.05) is 20.8 Å². The summed E-state index contributed by atoms with van der Waals surface area (Å²) in [6.07, 6.45) is 0.656. The van der Waals surface area contributed by atoms with Crippen molar-refractivity contribution < 1.29 is 4.42 Å². The summed E-state index contributed by atoms with van der Waals surface area (Å²) in [6, 6.07) is 0. The van der Waals surface area contributed by atoms with Crippen molar-refractivity contribution >= 4 is 12.4 Å². The normalized spacial score (nSPS) is 11.1. The first-order valence-corrected chi connectivity index (χ1v) is 4.07. The summed E-state index contributed by atoms with van der Waals surface area (Å²) in [6.45, 7) is 6.65. The van der Waals surface area contributed by atoms with Crippen molar-refractivity contribution in [1.29, 1.82) is 0 Å². The average molecular weight is 206 g/mol. The lowest BCUT2D eigenvalue weighted by atomic mass is 9.97. The Labute approximate surface area is 84.3 Å². The maximum Gasteiger partial charge on any atom is 0.221 e. The van der Waals surface area contributed by atoms with Gasteiger partial charge in [0.1, 0.15) is 0 Å². The van der Waals surface area contributed by atoms with Gasteiger partial charge in [0.05, 0.1) is 0 Å². The van der Waals surface area contributed by atoms with Gasteiger partial charge < -0.3 is 10.2 Å². The summed E-state index contributed by atoms with van der Waals surface area (Å²) >= 11 is 0. The minimum Gasteiger partial charge on any atom is -0.425 e. The quantitative estimate of drug-likeness (QED) is 0.790. The molecular formula is C8H16ClN3O. The van der Waals surface area contributed by atoms with E-state index in [9.17, 15) is 0 Å². The van der Waals surface area contributed by atoms with Crippen molar-refractivity contribution in [2.45, 2.75) is 32.6 Å². The number of nitrogens with two attached hydrogens (primary N) is 1. The van der Waals surface area contributed by atoms with Gasteiger partial charge in [-0.25, -0.2) is 0 Å². The predicted octanol–water partition coefficient (Wildman–Crippen LogP) is 1.29. The number of halogens is 1. The molecule has 0 amide bonds. The van der Waals surface area contributed by atoms with Gasteiger partial charge in [0.25, 0.3) is 0 Å². The zero-order valence-electron chi connectivity index (χ0n) is 8.20. The van der Waals surface area contributed by atoms with Gasteiger partial charge in [-0.3, -0.25) is 0 Å². The summed E-state index contributed by atoms with van der Waals surface area (Å²) in [7, 11) is 0. The monoisotopic (exact) mass is 205 g/mol. The number of rotatable bonds is 2. The van der Waals surface area contributed by atoms with Crippen molar-refractivity contribution in [3.05, 3.63) is 11.8 Å². The molecule has 0 spiro atoms. The highest BCUT2D eigenvalue weighted by molar-refractivity contribution is 5.85. The smallest absolute Gasteiger partial charge is 0.221 e. The number of hydrogen-bond donors (Lipinski definition) is 1. The van der Waals surface area contributed by atoms with Crippen LogP contribution in [-0.4, -0.2) is 16.7 Å². The van der Waals surface area contributed by atoms with Crippen LogP contribution >= 0.6 is 12.4 Å². The SMILES string of the molecule is CC(C)(C)c1nnc(CCN)o1.Cl. The molecule has 1 rings (SSSR count). The highest BCUT2D eigenvalue weighted by Gasteiger charge is 2.20. The molecule has 0 aliphatic heterocycles. The van der Waals surface area contributed by atoms with Crippen LogP contribution in [0.5, 0.6) is 0 Å². The van der Waals surface area contributed by atoms with E-state index in [1.54, 1.807) is 0 Å². The van der Waals surface area contributed by atoms with Crippen LogP contribution in [0, 0.1) is 0 Å². The molecule has 0 atom stereocenters. The van der Waals surface area contributed by atoms with Gasteiger partial charge in [-0.1, -0.05) is 20.8 Å². The van der Waals surface area contributed by atoms with Crippen LogP contribution in [-0.2, 0) is 11.8 Å². The van der Waals surface area contributed by atoms with Gasteiger partial charge in [-0.15, -0.1) is 22.6 Å². The third-order valence-corrected chi connectivity index (χ3v) is 1.47. The molecule has 1 aromatic heterocycles. The summed E-state index contributed by atoms with van der Waals surface area (Å²) in [4.78, 5) is 0. The molecule has 0 radical (unpaired) electrons. The maximum absolute atomic E-state index is 5.39. The molecule has 0 unspecified atom stereocenters. The van der Waals surface area contributed by atoms with Crippen LogP contribution in [0.1, 0.15) is 32.6 Å². The predicted molar refractivity (Wildman–Crippen MR) is 53.0 cm³/mol. The van der Waals surface area contributed by atoms with Crippen LogP contribution in [0.3, 0.4) is 0 Å². The molecule has 0 aromatic carbocycles. The fourth-order valence-corrected chi connectivity index (χ4v) is 0.781. The molecule has 0 aliphatic carbocycles. The second-order valence-corrected chi connectivity index (χ2v) is 3.79. The Bertz CT molecular complexity index is 254. The molecule has 4 nitrogen and oxygen atoms in total. The molecule has 0 aliphatic rings. The topological polar surface area (TPSA) is 64.9 Å². The van der Waals surface area contributed by atoms with Gasteiger partial charge >= 0.3 is 0 Å². The van der Waals surface area contributed by atoms with Crippen LogP contribution in [0.2, 0.25) is 0 Å². The first-order chi connectivity index (χ1) is 5.54. The van der Waals surface area contributed by atoms with Gasteiger partial charge in [0, 0.05) is 18.4 Å². The van der Waals surface area contributed by atoms with Crippen LogP contribution in [0.25, 0.3) is 0 Å². The molecule has 76 valence electrons. The van der Waals surface area contributed by atoms with E-state index in [-0.39, 0.29) is 17.8 Å². The third-order valence-electron chi connectivity index (χ3n) is 1.47. The van der Waals surface area contributed by atoms with Crippen molar-refractivity contribution in [2.75, 3.05) is 6.54 Å². The first kappa shape index (κ1) is 12.4. The van der Waals surface area contributed by atoms with Crippen molar-refractivity contribution in [3.8, 4) is 0 Å². The molecule has 0 saturated heterocycles. The second-order valence-electron chi connectivity index (χ2n) is 3.79. The third kappa shape index (κ3) is 3.32. The molecule has 0 fully saturated rings. The minimum atomic E-state index is -0.0696. The van der Waals surface area contributed by atoms with E-state index in [4.69, 9.17) is 10.2 Å². The maximum atomic E-state index is 5.39. The zero-order valence-corrected chi connectivity index (χ0v) is 9.02. The molecule has 2 N–H and O–H groups in total. The van der Waals surface area contributed by atoms with Gasteiger partial charge in [-0.2, -0.15) is 0 Å². The van der Waals surface area contributed by atoms with E-state index in [0.29, 0.717) is 24.7 Å². The Balaban J connectivity index is 0.00000144. The summed E-state index contributed by atoms with van der Waals surface area (Å²) in [5, 5.41) is 7.81. The number of nitrogens with zero attached hydrogens (tertiary/aromatic N) is 2. The fourth-order valence-electron chi connectivity index (χ4n) is 0.781. The Morgan fingerprint density at radius 2 is 1.92 bits per heavy atom. The van der Waals surface area contributed by atoms with Crippen LogP contribution in [0.4, 0.5) is 0 Å². The summed E-state index contributed by atoms with van der Waals surface area (Å²) in [5.74, 6) is 1.30. The number of hydrogen-bond acceptors (Lipinski definition) is 4. The molecule has 1 aromatic rings. The van der Waals surface area contributed by atoms with Crippen LogP contribution < -0.4 is 5.73 Å². The summed E-state index contributed by atoms with van der Waals surface area (Å²) < 4.78 is 5.39.